The monoisotopic (exact) mass is 149 g/mol. The van der Waals surface area contributed by atoms with Crippen LogP contribution in [0.1, 0.15) is 11.1 Å². The zero-order valence-electron chi connectivity index (χ0n) is 6.55. The van der Waals surface area contributed by atoms with E-state index in [1.807, 2.05) is 0 Å². The molecule has 11 heavy (non-hydrogen) atoms. The summed E-state index contributed by atoms with van der Waals surface area (Å²) in [5.41, 5.74) is 3.81. The van der Waals surface area contributed by atoms with Gasteiger partial charge in [-0.1, -0.05) is 18.2 Å². The molecule has 1 aliphatic rings. The lowest BCUT2D eigenvalue weighted by Gasteiger charge is -2.19. The van der Waals surface area contributed by atoms with Gasteiger partial charge in [-0.3, -0.25) is 0 Å². The maximum atomic E-state index is 5.24. The van der Waals surface area contributed by atoms with E-state index in [4.69, 9.17) is 4.74 Å². The Hall–Kier alpha value is -1.02. The summed E-state index contributed by atoms with van der Waals surface area (Å²) in [5.74, 6) is 0. The molecule has 0 bridgehead atoms. The molecule has 0 unspecified atom stereocenters. The van der Waals surface area contributed by atoms with Crippen LogP contribution >= 0.6 is 0 Å². The molecule has 58 valence electrons. The largest absolute Gasteiger partial charge is 0.362 e. The van der Waals surface area contributed by atoms with Gasteiger partial charge >= 0.3 is 0 Å². The average molecular weight is 149 g/mol. The van der Waals surface area contributed by atoms with Crippen LogP contribution in [-0.4, -0.2) is 6.73 Å². The van der Waals surface area contributed by atoms with Crippen LogP contribution in [0.5, 0.6) is 0 Å². The van der Waals surface area contributed by atoms with Crippen LogP contribution in [0.15, 0.2) is 18.2 Å². The number of rotatable bonds is 0. The Morgan fingerprint density at radius 1 is 1.45 bits per heavy atom. The van der Waals surface area contributed by atoms with Crippen LogP contribution in [0.25, 0.3) is 0 Å². The summed E-state index contributed by atoms with van der Waals surface area (Å²) in [6, 6.07) is 6.26. The number of ether oxygens (including phenoxy) is 1. The number of aryl methyl sites for hydroxylation is 1. The number of nitrogens with one attached hydrogen (secondary N) is 1. The molecule has 0 atom stereocenters. The van der Waals surface area contributed by atoms with E-state index < -0.39 is 0 Å². The summed E-state index contributed by atoms with van der Waals surface area (Å²) in [6.45, 7) is 3.49. The Bertz CT molecular complexity index is 270. The molecule has 2 nitrogen and oxygen atoms in total. The summed E-state index contributed by atoms with van der Waals surface area (Å²) in [6.07, 6.45) is 0. The normalized spacial score (nSPS) is 15.4. The highest BCUT2D eigenvalue weighted by molar-refractivity contribution is 5.57. The number of para-hydroxylation sites is 1. The minimum Gasteiger partial charge on any atom is -0.362 e. The van der Waals surface area contributed by atoms with Crippen molar-refractivity contribution >= 4 is 5.69 Å². The minimum atomic E-state index is 0.637. The summed E-state index contributed by atoms with van der Waals surface area (Å²) >= 11 is 0. The van der Waals surface area contributed by atoms with E-state index in [2.05, 4.69) is 30.4 Å². The molecule has 2 heteroatoms. The fourth-order valence-corrected chi connectivity index (χ4v) is 1.39. The number of hydrogen-bond donors (Lipinski definition) is 1. The van der Waals surface area contributed by atoms with E-state index in [1.165, 1.54) is 16.8 Å². The van der Waals surface area contributed by atoms with Gasteiger partial charge in [0.25, 0.3) is 0 Å². The van der Waals surface area contributed by atoms with Crippen molar-refractivity contribution in [2.75, 3.05) is 12.0 Å². The first-order chi connectivity index (χ1) is 5.38. The number of hydrogen-bond acceptors (Lipinski definition) is 2. The lowest BCUT2D eigenvalue weighted by Crippen LogP contribution is -2.15. The van der Waals surface area contributed by atoms with Gasteiger partial charge in [0, 0.05) is 11.3 Å². The van der Waals surface area contributed by atoms with E-state index in [0.29, 0.717) is 6.73 Å². The third-order valence-electron chi connectivity index (χ3n) is 1.97. The van der Waals surface area contributed by atoms with Crippen molar-refractivity contribution in [2.45, 2.75) is 13.5 Å². The van der Waals surface area contributed by atoms with Gasteiger partial charge in [0.05, 0.1) is 6.61 Å². The molecule has 0 amide bonds. The highest BCUT2D eigenvalue weighted by Crippen LogP contribution is 2.23. The van der Waals surface area contributed by atoms with Gasteiger partial charge in [-0.15, -0.1) is 0 Å². The molecule has 0 saturated carbocycles. The second-order valence-electron chi connectivity index (χ2n) is 2.78. The molecule has 0 radical (unpaired) electrons. The molecule has 0 aromatic heterocycles. The average Bonchev–Trinajstić information content (AvgIpc) is 2.06. The van der Waals surface area contributed by atoms with Crippen molar-refractivity contribution in [3.05, 3.63) is 29.3 Å². The number of benzene rings is 1. The van der Waals surface area contributed by atoms with E-state index in [9.17, 15) is 0 Å². The third-order valence-corrected chi connectivity index (χ3v) is 1.97. The van der Waals surface area contributed by atoms with Crippen molar-refractivity contribution < 1.29 is 4.74 Å². The topological polar surface area (TPSA) is 21.3 Å². The maximum absolute atomic E-state index is 5.24. The fraction of sp³-hybridized carbons (Fsp3) is 0.333. The summed E-state index contributed by atoms with van der Waals surface area (Å²) in [7, 11) is 0. The van der Waals surface area contributed by atoms with Gasteiger partial charge < -0.3 is 10.1 Å². The van der Waals surface area contributed by atoms with E-state index in [1.54, 1.807) is 0 Å². The lowest BCUT2D eigenvalue weighted by molar-refractivity contribution is 0.130. The molecule has 0 fully saturated rings. The Labute approximate surface area is 66.2 Å². The van der Waals surface area contributed by atoms with E-state index in [-0.39, 0.29) is 0 Å². The van der Waals surface area contributed by atoms with Crippen LogP contribution in [0.4, 0.5) is 5.69 Å². The van der Waals surface area contributed by atoms with Crippen LogP contribution in [0.2, 0.25) is 0 Å². The Morgan fingerprint density at radius 3 is 3.18 bits per heavy atom. The molecule has 0 spiro atoms. The van der Waals surface area contributed by atoms with Crippen LogP contribution in [0, 0.1) is 6.92 Å². The van der Waals surface area contributed by atoms with Crippen molar-refractivity contribution in [2.24, 2.45) is 0 Å². The number of anilines is 1. The maximum Gasteiger partial charge on any atom is 0.116 e. The van der Waals surface area contributed by atoms with Gasteiger partial charge in [-0.2, -0.15) is 0 Å². The predicted molar refractivity (Wildman–Crippen MR) is 44.5 cm³/mol. The quantitative estimate of drug-likeness (QED) is 0.608. The molecular weight excluding hydrogens is 138 g/mol. The zero-order chi connectivity index (χ0) is 7.68. The first-order valence-electron chi connectivity index (χ1n) is 3.78. The Morgan fingerprint density at radius 2 is 2.36 bits per heavy atom. The van der Waals surface area contributed by atoms with Gasteiger partial charge in [0.15, 0.2) is 0 Å². The second kappa shape index (κ2) is 2.55. The smallest absolute Gasteiger partial charge is 0.116 e. The van der Waals surface area contributed by atoms with Crippen LogP contribution in [-0.2, 0) is 11.3 Å². The lowest BCUT2D eigenvalue weighted by atomic mass is 10.1. The van der Waals surface area contributed by atoms with E-state index >= 15 is 0 Å². The molecule has 2 rings (SSSR count). The molecule has 0 aliphatic carbocycles. The molecule has 1 N–H and O–H groups in total. The van der Waals surface area contributed by atoms with Crippen molar-refractivity contribution in [3.8, 4) is 0 Å². The third kappa shape index (κ3) is 1.10. The fourth-order valence-electron chi connectivity index (χ4n) is 1.39. The summed E-state index contributed by atoms with van der Waals surface area (Å²) in [4.78, 5) is 0. The molecule has 0 saturated heterocycles. The van der Waals surface area contributed by atoms with Crippen molar-refractivity contribution in [1.29, 1.82) is 0 Å². The highest BCUT2D eigenvalue weighted by atomic mass is 16.5. The molecule has 1 aliphatic heterocycles. The molecular formula is C9H11NO. The zero-order valence-corrected chi connectivity index (χ0v) is 6.55. The Kier molecular flexibility index (Phi) is 1.55. The van der Waals surface area contributed by atoms with E-state index in [0.717, 1.165) is 6.61 Å². The second-order valence-corrected chi connectivity index (χ2v) is 2.78. The van der Waals surface area contributed by atoms with Crippen LogP contribution in [0.3, 0.4) is 0 Å². The standard InChI is InChI=1S/C9H11NO/c1-7-3-2-4-8-5-11-6-10-9(7)8/h2-4,10H,5-6H2,1H3. The SMILES string of the molecule is Cc1cccc2c1NCOC2. The summed E-state index contributed by atoms with van der Waals surface area (Å²) in [5, 5.41) is 3.21. The van der Waals surface area contributed by atoms with Gasteiger partial charge in [0.1, 0.15) is 6.73 Å². The minimum absolute atomic E-state index is 0.637. The molecule has 1 aromatic rings. The van der Waals surface area contributed by atoms with Gasteiger partial charge in [-0.05, 0) is 12.5 Å². The Balaban J connectivity index is 2.49. The first-order valence-corrected chi connectivity index (χ1v) is 3.78. The van der Waals surface area contributed by atoms with Crippen molar-refractivity contribution in [3.63, 3.8) is 0 Å². The van der Waals surface area contributed by atoms with Gasteiger partial charge in [-0.25, -0.2) is 0 Å². The first kappa shape index (κ1) is 6.68. The van der Waals surface area contributed by atoms with Crippen molar-refractivity contribution in [1.82, 2.24) is 0 Å². The summed E-state index contributed by atoms with van der Waals surface area (Å²) < 4.78 is 5.24. The molecule has 1 heterocycles. The number of fused-ring (bicyclic) bond motifs is 1. The molecule has 1 aromatic carbocycles. The van der Waals surface area contributed by atoms with Gasteiger partial charge in [0.2, 0.25) is 0 Å². The van der Waals surface area contributed by atoms with Crippen LogP contribution < -0.4 is 5.32 Å². The highest BCUT2D eigenvalue weighted by Gasteiger charge is 2.08. The predicted octanol–water partition coefficient (Wildman–Crippen LogP) is 1.89.